The summed E-state index contributed by atoms with van der Waals surface area (Å²) < 4.78 is 0. The third-order valence-electron chi connectivity index (χ3n) is 3.68. The summed E-state index contributed by atoms with van der Waals surface area (Å²) in [5.74, 6) is -0.988. The van der Waals surface area contributed by atoms with E-state index in [9.17, 15) is 14.9 Å². The molecule has 1 heterocycles. The van der Waals surface area contributed by atoms with Crippen molar-refractivity contribution < 1.29 is 14.8 Å². The summed E-state index contributed by atoms with van der Waals surface area (Å²) in [6.07, 6.45) is 3.16. The number of hydrogen-bond donors (Lipinski definition) is 2. The van der Waals surface area contributed by atoms with Gasteiger partial charge in [-0.25, -0.2) is 0 Å². The molecule has 1 aromatic rings. The Morgan fingerprint density at radius 2 is 2.29 bits per heavy atom. The standard InChI is InChI=1S/C13H18N4O4/c1-2-16(8-13(18)19)11-5-10(6-11)15-9-3-4-12(14-7-9)17(20)21/h3-4,7,10-11,15H,2,5-6,8H2,1H3,(H,18,19). The van der Waals surface area contributed by atoms with Crippen LogP contribution in [0.25, 0.3) is 0 Å². The van der Waals surface area contributed by atoms with Gasteiger partial charge in [-0.15, -0.1) is 0 Å². The zero-order chi connectivity index (χ0) is 15.4. The van der Waals surface area contributed by atoms with Crippen LogP contribution in [0.3, 0.4) is 0 Å². The van der Waals surface area contributed by atoms with E-state index in [0.29, 0.717) is 6.54 Å². The van der Waals surface area contributed by atoms with Gasteiger partial charge in [-0.1, -0.05) is 6.92 Å². The summed E-state index contributed by atoms with van der Waals surface area (Å²) in [4.78, 5) is 26.4. The lowest BCUT2D eigenvalue weighted by atomic mass is 9.85. The zero-order valence-corrected chi connectivity index (χ0v) is 11.7. The summed E-state index contributed by atoms with van der Waals surface area (Å²) in [6.45, 7) is 2.72. The van der Waals surface area contributed by atoms with Crippen LogP contribution in [0, 0.1) is 10.1 Å². The van der Waals surface area contributed by atoms with Gasteiger partial charge in [0.2, 0.25) is 0 Å². The molecule has 114 valence electrons. The van der Waals surface area contributed by atoms with Crippen molar-refractivity contribution in [3.63, 3.8) is 0 Å². The number of nitrogens with zero attached hydrogens (tertiary/aromatic N) is 3. The van der Waals surface area contributed by atoms with Gasteiger partial charge in [0.05, 0.1) is 12.2 Å². The van der Waals surface area contributed by atoms with Gasteiger partial charge in [0.15, 0.2) is 6.20 Å². The second-order valence-corrected chi connectivity index (χ2v) is 5.09. The molecule has 1 aromatic heterocycles. The van der Waals surface area contributed by atoms with E-state index >= 15 is 0 Å². The van der Waals surface area contributed by atoms with E-state index in [1.165, 1.54) is 12.3 Å². The molecular weight excluding hydrogens is 276 g/mol. The van der Waals surface area contributed by atoms with Crippen molar-refractivity contribution in [1.29, 1.82) is 0 Å². The van der Waals surface area contributed by atoms with E-state index in [-0.39, 0.29) is 24.4 Å². The number of carbonyl (C=O) groups is 1. The highest BCUT2D eigenvalue weighted by atomic mass is 16.6. The molecule has 1 aliphatic carbocycles. The van der Waals surface area contributed by atoms with Crippen LogP contribution < -0.4 is 5.32 Å². The maximum absolute atomic E-state index is 10.8. The van der Waals surface area contributed by atoms with Gasteiger partial charge in [-0.05, 0) is 35.4 Å². The molecule has 0 amide bonds. The largest absolute Gasteiger partial charge is 0.480 e. The van der Waals surface area contributed by atoms with E-state index < -0.39 is 10.9 Å². The van der Waals surface area contributed by atoms with Crippen molar-refractivity contribution in [3.8, 4) is 0 Å². The Kier molecular flexibility index (Phi) is 4.69. The molecule has 2 N–H and O–H groups in total. The summed E-state index contributed by atoms with van der Waals surface area (Å²) in [7, 11) is 0. The number of aromatic nitrogens is 1. The molecule has 8 nitrogen and oxygen atoms in total. The normalized spacial score (nSPS) is 20.9. The number of nitro groups is 1. The lowest BCUT2D eigenvalue weighted by molar-refractivity contribution is -0.389. The number of hydrogen-bond acceptors (Lipinski definition) is 6. The molecule has 1 fully saturated rings. The summed E-state index contributed by atoms with van der Waals surface area (Å²) in [5, 5.41) is 22.6. The smallest absolute Gasteiger partial charge is 0.363 e. The van der Waals surface area contributed by atoms with Gasteiger partial charge in [-0.2, -0.15) is 0 Å². The van der Waals surface area contributed by atoms with Crippen LogP contribution in [0.4, 0.5) is 11.5 Å². The fourth-order valence-electron chi connectivity index (χ4n) is 2.49. The average Bonchev–Trinajstić information content (AvgIpc) is 2.40. The van der Waals surface area contributed by atoms with Crippen molar-refractivity contribution >= 4 is 17.5 Å². The van der Waals surface area contributed by atoms with Crippen molar-refractivity contribution in [2.45, 2.75) is 31.8 Å². The second kappa shape index (κ2) is 6.49. The Bertz CT molecular complexity index is 513. The van der Waals surface area contributed by atoms with Crippen LogP contribution in [-0.4, -0.2) is 51.1 Å². The van der Waals surface area contributed by atoms with Crippen molar-refractivity contribution in [2.75, 3.05) is 18.4 Å². The number of rotatable bonds is 7. The molecule has 1 saturated carbocycles. The highest BCUT2D eigenvalue weighted by Crippen LogP contribution is 2.28. The first kappa shape index (κ1) is 15.2. The van der Waals surface area contributed by atoms with E-state index in [4.69, 9.17) is 5.11 Å². The van der Waals surface area contributed by atoms with Crippen LogP contribution in [0.2, 0.25) is 0 Å². The minimum atomic E-state index is -0.812. The number of pyridine rings is 1. The molecule has 8 heteroatoms. The second-order valence-electron chi connectivity index (χ2n) is 5.09. The Morgan fingerprint density at radius 3 is 2.76 bits per heavy atom. The van der Waals surface area contributed by atoms with Gasteiger partial charge in [-0.3, -0.25) is 9.69 Å². The fourth-order valence-corrected chi connectivity index (χ4v) is 2.49. The highest BCUT2D eigenvalue weighted by Gasteiger charge is 2.33. The molecule has 21 heavy (non-hydrogen) atoms. The molecule has 0 unspecified atom stereocenters. The number of aliphatic carboxylic acids is 1. The molecule has 0 radical (unpaired) electrons. The van der Waals surface area contributed by atoms with Gasteiger partial charge >= 0.3 is 11.8 Å². The highest BCUT2D eigenvalue weighted by molar-refractivity contribution is 5.69. The lowest BCUT2D eigenvalue weighted by Gasteiger charge is -2.42. The lowest BCUT2D eigenvalue weighted by Crippen LogP contribution is -2.51. The Labute approximate surface area is 121 Å². The minimum absolute atomic E-state index is 0.0625. The van der Waals surface area contributed by atoms with Crippen LogP contribution in [-0.2, 0) is 4.79 Å². The minimum Gasteiger partial charge on any atom is -0.480 e. The molecule has 0 bridgehead atoms. The van der Waals surface area contributed by atoms with Gasteiger partial charge in [0.25, 0.3) is 0 Å². The molecule has 0 spiro atoms. The molecule has 0 aliphatic heterocycles. The maximum Gasteiger partial charge on any atom is 0.363 e. The zero-order valence-electron chi connectivity index (χ0n) is 11.7. The molecule has 1 aliphatic rings. The van der Waals surface area contributed by atoms with E-state index in [1.807, 2.05) is 11.8 Å². The summed E-state index contributed by atoms with van der Waals surface area (Å²) in [6, 6.07) is 3.52. The van der Waals surface area contributed by atoms with E-state index in [2.05, 4.69) is 10.3 Å². The summed E-state index contributed by atoms with van der Waals surface area (Å²) in [5.41, 5.74) is 0.741. The van der Waals surface area contributed by atoms with Gasteiger partial charge in [0.1, 0.15) is 0 Å². The first-order valence-corrected chi connectivity index (χ1v) is 6.82. The quantitative estimate of drug-likeness (QED) is 0.577. The van der Waals surface area contributed by atoms with Crippen molar-refractivity contribution in [1.82, 2.24) is 9.88 Å². The molecule has 0 saturated heterocycles. The monoisotopic (exact) mass is 294 g/mol. The maximum atomic E-state index is 10.8. The van der Waals surface area contributed by atoms with Crippen LogP contribution in [0.5, 0.6) is 0 Å². The van der Waals surface area contributed by atoms with E-state index in [0.717, 1.165) is 18.5 Å². The van der Waals surface area contributed by atoms with Crippen molar-refractivity contribution in [3.05, 3.63) is 28.4 Å². The fraction of sp³-hybridized carbons (Fsp3) is 0.538. The first-order chi connectivity index (χ1) is 9.99. The number of carboxylic acid groups (broad SMARTS) is 1. The van der Waals surface area contributed by atoms with Gasteiger partial charge < -0.3 is 20.5 Å². The van der Waals surface area contributed by atoms with Crippen molar-refractivity contribution in [2.24, 2.45) is 0 Å². The summed E-state index contributed by atoms with van der Waals surface area (Å²) >= 11 is 0. The van der Waals surface area contributed by atoms with Crippen LogP contribution >= 0.6 is 0 Å². The number of anilines is 1. The molecule has 0 aromatic carbocycles. The van der Waals surface area contributed by atoms with Gasteiger partial charge in [0, 0.05) is 18.2 Å². The Balaban J connectivity index is 1.82. The predicted octanol–water partition coefficient (Wildman–Crippen LogP) is 1.34. The van der Waals surface area contributed by atoms with E-state index in [1.54, 1.807) is 6.07 Å². The van der Waals surface area contributed by atoms with Crippen LogP contribution in [0.1, 0.15) is 19.8 Å². The Hall–Kier alpha value is -2.22. The third-order valence-corrected chi connectivity index (χ3v) is 3.68. The number of nitrogens with one attached hydrogen (secondary N) is 1. The average molecular weight is 294 g/mol. The first-order valence-electron chi connectivity index (χ1n) is 6.82. The molecular formula is C13H18N4O4. The predicted molar refractivity (Wildman–Crippen MR) is 76.2 cm³/mol. The Morgan fingerprint density at radius 1 is 1.57 bits per heavy atom. The van der Waals surface area contributed by atoms with Crippen LogP contribution in [0.15, 0.2) is 18.3 Å². The topological polar surface area (TPSA) is 109 Å². The number of likely N-dealkylation sites (N-methyl/N-ethyl adjacent to an activating group) is 1. The third kappa shape index (κ3) is 3.88. The SMILES string of the molecule is CCN(CC(=O)O)C1CC(Nc2ccc([N+](=O)[O-])nc2)C1. The number of carboxylic acids is 1. The molecule has 2 rings (SSSR count). The molecule has 0 atom stereocenters.